The molecule has 3 aromatic rings. The van der Waals surface area contributed by atoms with Crippen LogP contribution in [-0.4, -0.2) is 15.9 Å². The molecular formula is C21H22N4O2. The molecule has 6 nitrogen and oxygen atoms in total. The van der Waals surface area contributed by atoms with E-state index in [9.17, 15) is 9.59 Å². The molecule has 6 heteroatoms. The van der Waals surface area contributed by atoms with Gasteiger partial charge in [-0.1, -0.05) is 30.3 Å². The van der Waals surface area contributed by atoms with Crippen molar-refractivity contribution in [1.29, 1.82) is 0 Å². The van der Waals surface area contributed by atoms with Gasteiger partial charge in [-0.25, -0.2) is 4.98 Å². The molecule has 0 bridgehead atoms. The van der Waals surface area contributed by atoms with Gasteiger partial charge in [-0.3, -0.25) is 9.59 Å². The smallest absolute Gasteiger partial charge is 0.258 e. The average molecular weight is 362 g/mol. The quantitative estimate of drug-likeness (QED) is 0.627. The third-order valence-corrected chi connectivity index (χ3v) is 4.87. The Balaban J connectivity index is 1.28. The zero-order valence-corrected chi connectivity index (χ0v) is 15.0. The summed E-state index contributed by atoms with van der Waals surface area (Å²) >= 11 is 0. The number of aromatic amines is 1. The Hall–Kier alpha value is -2.99. The van der Waals surface area contributed by atoms with E-state index in [-0.39, 0.29) is 11.5 Å². The number of carbonyl (C=O) groups excluding carboxylic acids is 1. The summed E-state index contributed by atoms with van der Waals surface area (Å²) in [7, 11) is 0. The van der Waals surface area contributed by atoms with Crippen LogP contribution in [0.1, 0.15) is 35.4 Å². The summed E-state index contributed by atoms with van der Waals surface area (Å²) in [6, 6.07) is 13.6. The first kappa shape index (κ1) is 17.4. The summed E-state index contributed by atoms with van der Waals surface area (Å²) in [6.45, 7) is 2.36. The van der Waals surface area contributed by atoms with Gasteiger partial charge in [0.25, 0.3) is 5.56 Å². The molecule has 1 aliphatic heterocycles. The van der Waals surface area contributed by atoms with Crippen molar-refractivity contribution < 1.29 is 4.79 Å². The van der Waals surface area contributed by atoms with Crippen LogP contribution in [0.5, 0.6) is 0 Å². The van der Waals surface area contributed by atoms with E-state index in [0.717, 1.165) is 18.7 Å². The molecule has 0 radical (unpaired) electrons. The molecule has 0 aliphatic carbocycles. The van der Waals surface area contributed by atoms with Crippen molar-refractivity contribution in [2.24, 2.45) is 0 Å². The van der Waals surface area contributed by atoms with Crippen molar-refractivity contribution in [2.45, 2.75) is 38.9 Å². The Bertz CT molecular complexity index is 1040. The average Bonchev–Trinajstić information content (AvgIpc) is 3.14. The number of carbonyl (C=O) groups is 1. The van der Waals surface area contributed by atoms with E-state index in [2.05, 4.69) is 38.8 Å². The third kappa shape index (κ3) is 4.06. The van der Waals surface area contributed by atoms with Gasteiger partial charge in [-0.2, -0.15) is 0 Å². The topological polar surface area (TPSA) is 86.9 Å². The second-order valence-corrected chi connectivity index (χ2v) is 6.87. The standard InChI is InChI=1S/C21H22N4O2/c26-20(23-11-14-8-9-15-12-22-13-16(15)10-14)7-3-6-19-24-18-5-2-1-4-17(18)21(27)25-19/h1-2,4-5,8-10,22H,3,6-7,11-13H2,(H,23,26)(H,24,25,27). The normalized spacial score (nSPS) is 12.9. The summed E-state index contributed by atoms with van der Waals surface area (Å²) in [5.41, 5.74) is 4.32. The first-order valence-corrected chi connectivity index (χ1v) is 9.25. The molecule has 1 aliphatic rings. The highest BCUT2D eigenvalue weighted by molar-refractivity contribution is 5.77. The number of rotatable bonds is 6. The highest BCUT2D eigenvalue weighted by atomic mass is 16.1. The summed E-state index contributed by atoms with van der Waals surface area (Å²) < 4.78 is 0. The van der Waals surface area contributed by atoms with E-state index in [1.807, 2.05) is 18.2 Å². The van der Waals surface area contributed by atoms with Gasteiger partial charge in [0, 0.05) is 32.5 Å². The number of para-hydroxylation sites is 1. The van der Waals surface area contributed by atoms with Crippen LogP contribution < -0.4 is 16.2 Å². The van der Waals surface area contributed by atoms with Crippen molar-refractivity contribution >= 4 is 16.8 Å². The van der Waals surface area contributed by atoms with Crippen molar-refractivity contribution in [2.75, 3.05) is 0 Å². The SMILES string of the molecule is O=C(CCCc1nc2ccccc2c(=O)[nH]1)NCc1ccc2c(c1)CNC2. The molecule has 0 unspecified atom stereocenters. The zero-order valence-electron chi connectivity index (χ0n) is 15.0. The van der Waals surface area contributed by atoms with Gasteiger partial charge in [-0.05, 0) is 35.2 Å². The van der Waals surface area contributed by atoms with Gasteiger partial charge in [0.15, 0.2) is 0 Å². The van der Waals surface area contributed by atoms with Gasteiger partial charge in [-0.15, -0.1) is 0 Å². The van der Waals surface area contributed by atoms with Crippen molar-refractivity contribution in [1.82, 2.24) is 20.6 Å². The van der Waals surface area contributed by atoms with Crippen LogP contribution in [0.15, 0.2) is 47.3 Å². The van der Waals surface area contributed by atoms with E-state index in [1.54, 1.807) is 6.07 Å². The summed E-state index contributed by atoms with van der Waals surface area (Å²) in [4.78, 5) is 31.4. The molecular weight excluding hydrogens is 340 g/mol. The molecule has 1 amide bonds. The number of aryl methyl sites for hydroxylation is 1. The molecule has 0 saturated carbocycles. The Morgan fingerprint density at radius 2 is 1.96 bits per heavy atom. The Kier molecular flexibility index (Phi) is 4.98. The lowest BCUT2D eigenvalue weighted by Gasteiger charge is -2.07. The lowest BCUT2D eigenvalue weighted by atomic mass is 10.1. The number of benzene rings is 2. The molecule has 2 aromatic carbocycles. The fourth-order valence-electron chi connectivity index (χ4n) is 3.42. The zero-order chi connectivity index (χ0) is 18.6. The number of H-pyrrole nitrogens is 1. The number of amides is 1. The maximum atomic E-state index is 12.1. The molecule has 4 rings (SSSR count). The molecule has 0 saturated heterocycles. The van der Waals surface area contributed by atoms with Gasteiger partial charge in [0.2, 0.25) is 5.91 Å². The lowest BCUT2D eigenvalue weighted by molar-refractivity contribution is -0.121. The third-order valence-electron chi connectivity index (χ3n) is 4.87. The van der Waals surface area contributed by atoms with Gasteiger partial charge in [0.05, 0.1) is 10.9 Å². The van der Waals surface area contributed by atoms with E-state index < -0.39 is 0 Å². The van der Waals surface area contributed by atoms with Crippen molar-refractivity contribution in [3.8, 4) is 0 Å². The lowest BCUT2D eigenvalue weighted by Crippen LogP contribution is -2.22. The molecule has 3 N–H and O–H groups in total. The van der Waals surface area contributed by atoms with Crippen LogP contribution in [0.4, 0.5) is 0 Å². The number of fused-ring (bicyclic) bond motifs is 2. The maximum absolute atomic E-state index is 12.1. The summed E-state index contributed by atoms with van der Waals surface area (Å²) in [6.07, 6.45) is 1.61. The fourth-order valence-corrected chi connectivity index (χ4v) is 3.42. The van der Waals surface area contributed by atoms with Crippen molar-refractivity contribution in [3.63, 3.8) is 0 Å². The molecule has 27 heavy (non-hydrogen) atoms. The van der Waals surface area contributed by atoms with E-state index in [4.69, 9.17) is 0 Å². The number of nitrogens with zero attached hydrogens (tertiary/aromatic N) is 1. The highest BCUT2D eigenvalue weighted by Gasteiger charge is 2.10. The predicted octanol–water partition coefficient (Wildman–Crippen LogP) is 2.17. The number of hydrogen-bond donors (Lipinski definition) is 3. The minimum absolute atomic E-state index is 0.0109. The largest absolute Gasteiger partial charge is 0.352 e. The van der Waals surface area contributed by atoms with E-state index in [0.29, 0.717) is 42.5 Å². The van der Waals surface area contributed by atoms with E-state index >= 15 is 0 Å². The van der Waals surface area contributed by atoms with Crippen LogP contribution in [0.25, 0.3) is 10.9 Å². The van der Waals surface area contributed by atoms with Gasteiger partial charge in [0.1, 0.15) is 5.82 Å². The summed E-state index contributed by atoms with van der Waals surface area (Å²) in [5.74, 6) is 0.634. The minimum Gasteiger partial charge on any atom is -0.352 e. The van der Waals surface area contributed by atoms with Crippen LogP contribution in [-0.2, 0) is 30.8 Å². The van der Waals surface area contributed by atoms with Crippen LogP contribution >= 0.6 is 0 Å². The minimum atomic E-state index is -0.133. The molecule has 2 heterocycles. The number of nitrogens with one attached hydrogen (secondary N) is 3. The Morgan fingerprint density at radius 3 is 2.89 bits per heavy atom. The molecule has 0 spiro atoms. The number of aromatic nitrogens is 2. The molecule has 138 valence electrons. The maximum Gasteiger partial charge on any atom is 0.258 e. The Labute approximate surface area is 157 Å². The van der Waals surface area contributed by atoms with Gasteiger partial charge < -0.3 is 15.6 Å². The molecule has 0 atom stereocenters. The second-order valence-electron chi connectivity index (χ2n) is 6.87. The predicted molar refractivity (Wildman–Crippen MR) is 104 cm³/mol. The van der Waals surface area contributed by atoms with Crippen LogP contribution in [0, 0.1) is 0 Å². The summed E-state index contributed by atoms with van der Waals surface area (Å²) in [5, 5.41) is 6.87. The monoisotopic (exact) mass is 362 g/mol. The first-order valence-electron chi connectivity index (χ1n) is 9.25. The fraction of sp³-hybridized carbons (Fsp3) is 0.286. The van der Waals surface area contributed by atoms with Crippen LogP contribution in [0.3, 0.4) is 0 Å². The van der Waals surface area contributed by atoms with Gasteiger partial charge >= 0.3 is 0 Å². The van der Waals surface area contributed by atoms with E-state index in [1.165, 1.54) is 11.1 Å². The molecule has 0 fully saturated rings. The molecule has 1 aromatic heterocycles. The first-order chi connectivity index (χ1) is 13.2. The second kappa shape index (κ2) is 7.72. The van der Waals surface area contributed by atoms with Crippen molar-refractivity contribution in [3.05, 3.63) is 75.3 Å². The highest BCUT2D eigenvalue weighted by Crippen LogP contribution is 2.17. The number of hydrogen-bond acceptors (Lipinski definition) is 4. The Morgan fingerprint density at radius 1 is 1.11 bits per heavy atom. The van der Waals surface area contributed by atoms with Crippen LogP contribution in [0.2, 0.25) is 0 Å².